The lowest BCUT2D eigenvalue weighted by molar-refractivity contribution is 0.552. The number of nitrogens with zero attached hydrogens (tertiary/aromatic N) is 2. The third-order valence-electron chi connectivity index (χ3n) is 3.54. The summed E-state index contributed by atoms with van der Waals surface area (Å²) in [5, 5.41) is 1.48. The van der Waals surface area contributed by atoms with Gasteiger partial charge in [0.05, 0.1) is 12.0 Å². The summed E-state index contributed by atoms with van der Waals surface area (Å²) < 4.78 is 0. The first-order chi connectivity index (χ1) is 10.5. The van der Waals surface area contributed by atoms with E-state index in [9.17, 15) is 0 Å². The van der Waals surface area contributed by atoms with E-state index < -0.39 is 0 Å². The zero-order valence-electron chi connectivity index (χ0n) is 13.1. The minimum atomic E-state index is 0.733. The molecule has 0 aromatic heterocycles. The fourth-order valence-electron chi connectivity index (χ4n) is 2.11. The van der Waals surface area contributed by atoms with Crippen LogP contribution in [0.4, 0.5) is 5.69 Å². The molecule has 0 radical (unpaired) electrons. The molecule has 0 bridgehead atoms. The monoisotopic (exact) mass is 334 g/mol. The molecule has 4 heteroatoms. The van der Waals surface area contributed by atoms with Crippen LogP contribution in [0.3, 0.4) is 0 Å². The Morgan fingerprint density at radius 3 is 2.64 bits per heavy atom. The van der Waals surface area contributed by atoms with Crippen LogP contribution in [0.15, 0.2) is 41.4 Å². The van der Waals surface area contributed by atoms with Crippen LogP contribution in [-0.4, -0.2) is 24.8 Å². The van der Waals surface area contributed by atoms with Gasteiger partial charge in [-0.15, -0.1) is 0 Å². The van der Waals surface area contributed by atoms with Crippen LogP contribution in [0.5, 0.6) is 0 Å². The largest absolute Gasteiger partial charge is 0.366 e. The molecule has 2 aromatic carbocycles. The molecule has 0 aliphatic carbocycles. The lowest BCUT2D eigenvalue weighted by atomic mass is 10.0. The average Bonchev–Trinajstić information content (AvgIpc) is 2.49. The topological polar surface area (TPSA) is 15.6 Å². The van der Waals surface area contributed by atoms with E-state index in [-0.39, 0.29) is 0 Å². The zero-order chi connectivity index (χ0) is 16.1. The number of halogens is 2. The Balaban J connectivity index is 2.24. The molecule has 2 rings (SSSR count). The predicted octanol–water partition coefficient (Wildman–Crippen LogP) is 5.50. The summed E-state index contributed by atoms with van der Waals surface area (Å²) in [6.45, 7) is 5.06. The van der Waals surface area contributed by atoms with Crippen LogP contribution in [0.1, 0.15) is 23.6 Å². The van der Waals surface area contributed by atoms with Gasteiger partial charge in [0.25, 0.3) is 0 Å². The van der Waals surface area contributed by atoms with E-state index in [1.807, 2.05) is 42.6 Å². The predicted molar refractivity (Wildman–Crippen MR) is 96.9 cm³/mol. The first kappa shape index (κ1) is 16.9. The Labute approximate surface area is 142 Å². The Kier molecular flexibility index (Phi) is 5.87. The van der Waals surface area contributed by atoms with Crippen molar-refractivity contribution >= 4 is 35.2 Å². The first-order valence-electron chi connectivity index (χ1n) is 7.27. The van der Waals surface area contributed by atoms with Gasteiger partial charge in [0.15, 0.2) is 0 Å². The molecule has 0 aliphatic rings. The molecular formula is C18H20Cl2N2. The molecule has 2 nitrogen and oxygen atoms in total. The minimum absolute atomic E-state index is 0.733. The van der Waals surface area contributed by atoms with Crippen molar-refractivity contribution in [3.05, 3.63) is 63.1 Å². The SMILES string of the molecule is CCN(C)C=Nc1cc(Cl)c(Cc2cccc(Cl)c2)cc1C. The fraction of sp³-hybridized carbons (Fsp3) is 0.278. The quantitative estimate of drug-likeness (QED) is 0.520. The maximum Gasteiger partial charge on any atom is 0.0909 e. The van der Waals surface area contributed by atoms with Crippen LogP contribution in [0.2, 0.25) is 10.0 Å². The highest BCUT2D eigenvalue weighted by Crippen LogP contribution is 2.29. The van der Waals surface area contributed by atoms with E-state index in [1.54, 1.807) is 0 Å². The summed E-state index contributed by atoms with van der Waals surface area (Å²) in [6, 6.07) is 11.9. The van der Waals surface area contributed by atoms with E-state index in [4.69, 9.17) is 23.2 Å². The van der Waals surface area contributed by atoms with E-state index in [0.717, 1.165) is 45.4 Å². The van der Waals surface area contributed by atoms with Gasteiger partial charge in [0, 0.05) is 23.6 Å². The maximum atomic E-state index is 6.42. The molecule has 22 heavy (non-hydrogen) atoms. The number of benzene rings is 2. The third-order valence-corrected chi connectivity index (χ3v) is 4.13. The van der Waals surface area contributed by atoms with Crippen LogP contribution in [-0.2, 0) is 6.42 Å². The Hall–Kier alpha value is -1.51. The van der Waals surface area contributed by atoms with Crippen molar-refractivity contribution < 1.29 is 0 Å². The highest BCUT2D eigenvalue weighted by molar-refractivity contribution is 6.31. The lowest BCUT2D eigenvalue weighted by Crippen LogP contribution is -2.14. The summed E-state index contributed by atoms with van der Waals surface area (Å²) in [6.07, 6.45) is 2.59. The van der Waals surface area contributed by atoms with Gasteiger partial charge in [0.1, 0.15) is 0 Å². The van der Waals surface area contributed by atoms with Crippen molar-refractivity contribution in [2.75, 3.05) is 13.6 Å². The van der Waals surface area contributed by atoms with E-state index in [2.05, 4.69) is 31.0 Å². The van der Waals surface area contributed by atoms with Crippen LogP contribution in [0, 0.1) is 6.92 Å². The number of aryl methyl sites for hydroxylation is 1. The fourth-order valence-corrected chi connectivity index (χ4v) is 2.55. The second-order valence-corrected chi connectivity index (χ2v) is 6.20. The van der Waals surface area contributed by atoms with Crippen molar-refractivity contribution in [2.24, 2.45) is 4.99 Å². The minimum Gasteiger partial charge on any atom is -0.366 e. The Morgan fingerprint density at radius 2 is 1.95 bits per heavy atom. The molecule has 0 fully saturated rings. The molecule has 0 aliphatic heterocycles. The molecule has 116 valence electrons. The molecule has 0 saturated carbocycles. The summed E-state index contributed by atoms with van der Waals surface area (Å²) in [7, 11) is 1.99. The van der Waals surface area contributed by atoms with Crippen molar-refractivity contribution in [3.63, 3.8) is 0 Å². The highest BCUT2D eigenvalue weighted by Gasteiger charge is 2.07. The molecule has 0 unspecified atom stereocenters. The maximum absolute atomic E-state index is 6.42. The molecule has 0 saturated heterocycles. The number of hydrogen-bond donors (Lipinski definition) is 0. The molecular weight excluding hydrogens is 315 g/mol. The second-order valence-electron chi connectivity index (χ2n) is 5.35. The van der Waals surface area contributed by atoms with Gasteiger partial charge in [-0.2, -0.15) is 0 Å². The first-order valence-corrected chi connectivity index (χ1v) is 8.03. The van der Waals surface area contributed by atoms with Gasteiger partial charge in [-0.3, -0.25) is 0 Å². The lowest BCUT2D eigenvalue weighted by Gasteiger charge is -2.11. The number of aliphatic imine (C=N–C) groups is 1. The summed E-state index contributed by atoms with van der Waals surface area (Å²) in [5.74, 6) is 0. The Bertz CT molecular complexity index is 681. The summed E-state index contributed by atoms with van der Waals surface area (Å²) in [4.78, 5) is 6.52. The van der Waals surface area contributed by atoms with Gasteiger partial charge < -0.3 is 4.90 Å². The average molecular weight is 335 g/mol. The van der Waals surface area contributed by atoms with Gasteiger partial charge in [-0.25, -0.2) is 4.99 Å². The third kappa shape index (κ3) is 4.49. The van der Waals surface area contributed by atoms with Crippen LogP contribution >= 0.6 is 23.2 Å². The highest BCUT2D eigenvalue weighted by atomic mass is 35.5. The van der Waals surface area contributed by atoms with Crippen molar-refractivity contribution in [2.45, 2.75) is 20.3 Å². The van der Waals surface area contributed by atoms with E-state index >= 15 is 0 Å². The van der Waals surface area contributed by atoms with E-state index in [1.165, 1.54) is 0 Å². The van der Waals surface area contributed by atoms with Crippen LogP contribution < -0.4 is 0 Å². The molecule has 2 aromatic rings. The second kappa shape index (κ2) is 7.66. The summed E-state index contributed by atoms with van der Waals surface area (Å²) in [5.41, 5.74) is 4.25. The van der Waals surface area contributed by atoms with Crippen molar-refractivity contribution in [3.8, 4) is 0 Å². The molecule has 0 N–H and O–H groups in total. The number of hydrogen-bond acceptors (Lipinski definition) is 1. The van der Waals surface area contributed by atoms with Gasteiger partial charge in [-0.05, 0) is 55.2 Å². The molecule has 0 spiro atoms. The van der Waals surface area contributed by atoms with Gasteiger partial charge >= 0.3 is 0 Å². The smallest absolute Gasteiger partial charge is 0.0909 e. The Morgan fingerprint density at radius 1 is 1.18 bits per heavy atom. The number of rotatable bonds is 5. The standard InChI is InChI=1S/C18H20Cl2N2/c1-4-22(3)12-21-18-11-17(20)15(8-13(18)2)9-14-6-5-7-16(19)10-14/h5-8,10-12H,4,9H2,1-3H3. The van der Waals surface area contributed by atoms with Crippen LogP contribution in [0.25, 0.3) is 0 Å². The van der Waals surface area contributed by atoms with Gasteiger partial charge in [0.2, 0.25) is 0 Å². The van der Waals surface area contributed by atoms with Crippen molar-refractivity contribution in [1.82, 2.24) is 4.90 Å². The normalized spacial score (nSPS) is 11.1. The molecule has 0 heterocycles. The molecule has 0 amide bonds. The summed E-state index contributed by atoms with van der Waals surface area (Å²) >= 11 is 12.5. The van der Waals surface area contributed by atoms with E-state index in [0.29, 0.717) is 0 Å². The molecule has 0 atom stereocenters. The zero-order valence-corrected chi connectivity index (χ0v) is 14.6. The van der Waals surface area contributed by atoms with Crippen molar-refractivity contribution in [1.29, 1.82) is 0 Å². The van der Waals surface area contributed by atoms with Gasteiger partial charge in [-0.1, -0.05) is 41.4 Å².